The fraction of sp³-hybridized carbons (Fsp3) is 0.696. The van der Waals surface area contributed by atoms with E-state index >= 15 is 0 Å². The van der Waals surface area contributed by atoms with E-state index in [9.17, 15) is 4.79 Å². The molecular weight excluding hydrogens is 366 g/mol. The van der Waals surface area contributed by atoms with Gasteiger partial charge in [0, 0.05) is 45.2 Å². The molecule has 2 aliphatic rings. The largest absolute Gasteiger partial charge is 0.497 e. The van der Waals surface area contributed by atoms with E-state index in [2.05, 4.69) is 40.9 Å². The van der Waals surface area contributed by atoms with E-state index in [-0.39, 0.29) is 11.4 Å². The molecule has 6 heteroatoms. The molecule has 6 nitrogen and oxygen atoms in total. The number of hydrogen-bond acceptors (Lipinski definition) is 6. The van der Waals surface area contributed by atoms with Crippen LogP contribution in [0.5, 0.6) is 5.75 Å². The van der Waals surface area contributed by atoms with Gasteiger partial charge in [-0.2, -0.15) is 0 Å². The van der Waals surface area contributed by atoms with Crippen molar-refractivity contribution in [2.75, 3.05) is 67.1 Å². The Morgan fingerprint density at radius 1 is 1.21 bits per heavy atom. The summed E-state index contributed by atoms with van der Waals surface area (Å²) in [6.45, 7) is 9.09. The van der Waals surface area contributed by atoms with Crippen LogP contribution in [0.2, 0.25) is 0 Å². The highest BCUT2D eigenvalue weighted by atomic mass is 16.5. The predicted molar refractivity (Wildman–Crippen MR) is 115 cm³/mol. The zero-order valence-corrected chi connectivity index (χ0v) is 18.5. The van der Waals surface area contributed by atoms with Gasteiger partial charge in [-0.1, -0.05) is 12.1 Å². The summed E-state index contributed by atoms with van der Waals surface area (Å²) in [7, 11) is 5.90. The van der Waals surface area contributed by atoms with Crippen molar-refractivity contribution in [1.29, 1.82) is 0 Å². The molecule has 0 bridgehead atoms. The fourth-order valence-electron chi connectivity index (χ4n) is 4.87. The highest BCUT2D eigenvalue weighted by Gasteiger charge is 2.53. The van der Waals surface area contributed by atoms with E-state index in [1.165, 1.54) is 5.56 Å². The van der Waals surface area contributed by atoms with Crippen LogP contribution in [0.3, 0.4) is 0 Å². The number of carbonyl (C=O) groups excluding carboxylic acids is 1. The third kappa shape index (κ3) is 5.30. The molecule has 162 valence electrons. The Morgan fingerprint density at radius 2 is 1.93 bits per heavy atom. The standard InChI is InChI=1S/C23H37N3O3/c1-5-29-22(27)23-11-6-12-25(15-19-7-9-21(28-4)10-8-19)16-20(23)17-26(18-23)14-13-24(2)3/h7-10,20H,5-6,11-18H2,1-4H3/t20-,23-/m1/s1. The van der Waals surface area contributed by atoms with Crippen LogP contribution in [0.4, 0.5) is 0 Å². The zero-order chi connectivity index (χ0) is 20.9. The molecule has 2 saturated heterocycles. The summed E-state index contributed by atoms with van der Waals surface area (Å²) < 4.78 is 10.9. The Bertz CT molecular complexity index is 664. The number of nitrogens with zero attached hydrogens (tertiary/aromatic N) is 3. The minimum atomic E-state index is -0.350. The second-order valence-electron chi connectivity index (χ2n) is 8.80. The van der Waals surface area contributed by atoms with E-state index in [0.29, 0.717) is 12.5 Å². The number of hydrogen-bond donors (Lipinski definition) is 0. The number of benzene rings is 1. The lowest BCUT2D eigenvalue weighted by molar-refractivity contribution is -0.157. The van der Waals surface area contributed by atoms with Gasteiger partial charge in [0.2, 0.25) is 0 Å². The number of ether oxygens (including phenoxy) is 2. The highest BCUT2D eigenvalue weighted by Crippen LogP contribution is 2.43. The molecule has 29 heavy (non-hydrogen) atoms. The average Bonchev–Trinajstić information content (AvgIpc) is 2.96. The molecule has 0 N–H and O–H groups in total. The molecule has 3 rings (SSSR count). The van der Waals surface area contributed by atoms with Crippen molar-refractivity contribution in [3.05, 3.63) is 29.8 Å². The number of likely N-dealkylation sites (tertiary alicyclic amines) is 2. The summed E-state index contributed by atoms with van der Waals surface area (Å²) in [6, 6.07) is 8.32. The zero-order valence-electron chi connectivity index (χ0n) is 18.5. The summed E-state index contributed by atoms with van der Waals surface area (Å²) in [4.78, 5) is 20.3. The molecule has 0 radical (unpaired) electrons. The maximum atomic E-state index is 13.1. The SMILES string of the molecule is CCOC(=O)[C@@]12CCCN(Cc3ccc(OC)cc3)C[C@@H]1CN(CCN(C)C)C2. The monoisotopic (exact) mass is 403 g/mol. The normalized spacial score (nSPS) is 25.6. The number of fused-ring (bicyclic) bond motifs is 1. The number of likely N-dealkylation sites (N-methyl/N-ethyl adjacent to an activating group) is 1. The third-order valence-corrected chi connectivity index (χ3v) is 6.45. The van der Waals surface area contributed by atoms with Crippen molar-refractivity contribution in [1.82, 2.24) is 14.7 Å². The third-order valence-electron chi connectivity index (χ3n) is 6.45. The smallest absolute Gasteiger partial charge is 0.313 e. The summed E-state index contributed by atoms with van der Waals surface area (Å²) >= 11 is 0. The van der Waals surface area contributed by atoms with Crippen molar-refractivity contribution in [3.8, 4) is 5.75 Å². The first kappa shape index (κ1) is 22.1. The van der Waals surface area contributed by atoms with E-state index in [0.717, 1.165) is 64.4 Å². The van der Waals surface area contributed by atoms with Crippen LogP contribution in [0, 0.1) is 11.3 Å². The maximum absolute atomic E-state index is 13.1. The Hall–Kier alpha value is -1.63. The van der Waals surface area contributed by atoms with Crippen LogP contribution in [-0.2, 0) is 16.1 Å². The average molecular weight is 404 g/mol. The Kier molecular flexibility index (Phi) is 7.55. The predicted octanol–water partition coefficient (Wildman–Crippen LogP) is 2.33. The van der Waals surface area contributed by atoms with Gasteiger partial charge in [0.15, 0.2) is 0 Å². The van der Waals surface area contributed by atoms with Gasteiger partial charge in [0.1, 0.15) is 5.75 Å². The first-order chi connectivity index (χ1) is 14.0. The van der Waals surface area contributed by atoms with Gasteiger partial charge in [-0.15, -0.1) is 0 Å². The lowest BCUT2D eigenvalue weighted by Gasteiger charge is -2.31. The topological polar surface area (TPSA) is 45.2 Å². The molecular formula is C23H37N3O3. The molecule has 0 spiro atoms. The molecule has 1 aromatic rings. The van der Waals surface area contributed by atoms with Gasteiger partial charge in [-0.3, -0.25) is 9.69 Å². The van der Waals surface area contributed by atoms with Crippen LogP contribution in [-0.4, -0.2) is 87.7 Å². The molecule has 0 aromatic heterocycles. The summed E-state index contributed by atoms with van der Waals surface area (Å²) in [6.07, 6.45) is 1.96. The number of rotatable bonds is 8. The Morgan fingerprint density at radius 3 is 2.59 bits per heavy atom. The molecule has 2 aliphatic heterocycles. The quantitative estimate of drug-likeness (QED) is 0.621. The molecule has 2 heterocycles. The second kappa shape index (κ2) is 9.92. The molecule has 0 saturated carbocycles. The first-order valence-electron chi connectivity index (χ1n) is 10.9. The van der Waals surface area contributed by atoms with Crippen molar-refractivity contribution in [2.24, 2.45) is 11.3 Å². The van der Waals surface area contributed by atoms with Crippen molar-refractivity contribution in [2.45, 2.75) is 26.3 Å². The Labute approximate surface area is 175 Å². The van der Waals surface area contributed by atoms with Crippen LogP contribution >= 0.6 is 0 Å². The second-order valence-corrected chi connectivity index (χ2v) is 8.80. The maximum Gasteiger partial charge on any atom is 0.313 e. The molecule has 0 unspecified atom stereocenters. The van der Waals surface area contributed by atoms with E-state index < -0.39 is 0 Å². The van der Waals surface area contributed by atoms with Crippen molar-refractivity contribution >= 4 is 5.97 Å². The molecule has 1 aromatic carbocycles. The lowest BCUT2D eigenvalue weighted by atomic mass is 9.75. The lowest BCUT2D eigenvalue weighted by Crippen LogP contribution is -2.42. The number of esters is 1. The molecule has 2 atom stereocenters. The van der Waals surface area contributed by atoms with Crippen LogP contribution < -0.4 is 4.74 Å². The van der Waals surface area contributed by atoms with Gasteiger partial charge in [0.05, 0.1) is 19.1 Å². The van der Waals surface area contributed by atoms with Crippen molar-refractivity contribution in [3.63, 3.8) is 0 Å². The van der Waals surface area contributed by atoms with Gasteiger partial charge >= 0.3 is 5.97 Å². The summed E-state index contributed by atoms with van der Waals surface area (Å²) in [5.74, 6) is 1.23. The minimum Gasteiger partial charge on any atom is -0.497 e. The fourth-order valence-corrected chi connectivity index (χ4v) is 4.87. The van der Waals surface area contributed by atoms with Crippen molar-refractivity contribution < 1.29 is 14.3 Å². The first-order valence-corrected chi connectivity index (χ1v) is 10.9. The summed E-state index contributed by atoms with van der Waals surface area (Å²) in [5.41, 5.74) is 0.939. The molecule has 0 aliphatic carbocycles. The van der Waals surface area contributed by atoms with Gasteiger partial charge < -0.3 is 19.3 Å². The van der Waals surface area contributed by atoms with Crippen LogP contribution in [0.25, 0.3) is 0 Å². The Balaban J connectivity index is 1.72. The minimum absolute atomic E-state index is 0.0173. The molecule has 0 amide bonds. The van der Waals surface area contributed by atoms with Gasteiger partial charge in [-0.05, 0) is 58.1 Å². The summed E-state index contributed by atoms with van der Waals surface area (Å²) in [5, 5.41) is 0. The highest BCUT2D eigenvalue weighted by molar-refractivity contribution is 5.78. The number of methoxy groups -OCH3 is 1. The van der Waals surface area contributed by atoms with Gasteiger partial charge in [0.25, 0.3) is 0 Å². The van der Waals surface area contributed by atoms with Gasteiger partial charge in [-0.25, -0.2) is 0 Å². The van der Waals surface area contributed by atoms with E-state index in [4.69, 9.17) is 9.47 Å². The van der Waals surface area contributed by atoms with Crippen LogP contribution in [0.15, 0.2) is 24.3 Å². The van der Waals surface area contributed by atoms with E-state index in [1.807, 2.05) is 19.1 Å². The molecule has 2 fully saturated rings. The van der Waals surface area contributed by atoms with Crippen LogP contribution in [0.1, 0.15) is 25.3 Å². The number of carbonyl (C=O) groups is 1. The van der Waals surface area contributed by atoms with E-state index in [1.54, 1.807) is 7.11 Å².